The summed E-state index contributed by atoms with van der Waals surface area (Å²) in [5, 5.41) is 4.13. The molecule has 0 spiro atoms. The Hall–Kier alpha value is -1.66. The monoisotopic (exact) mass is 745 g/mol. The average molecular weight is 747 g/mol. The van der Waals surface area contributed by atoms with Crippen molar-refractivity contribution in [2.75, 3.05) is 57.0 Å². The molecule has 1 aliphatic rings. The topological polar surface area (TPSA) is 9.72 Å². The largest absolute Gasteiger partial charge is 4.00 e. The Kier molecular flexibility index (Phi) is 15.8. The molecule has 0 fully saturated rings. The van der Waals surface area contributed by atoms with E-state index in [9.17, 15) is 0 Å². The first-order valence-corrected chi connectivity index (χ1v) is 17.6. The number of rotatable bonds is 7. The Morgan fingerprint density at radius 3 is 0.979 bits per heavy atom. The molecule has 3 nitrogen and oxygen atoms in total. The second-order valence-corrected chi connectivity index (χ2v) is 18.0. The third-order valence-corrected chi connectivity index (χ3v) is 16.4. The van der Waals surface area contributed by atoms with Gasteiger partial charge in [-0.25, -0.2) is 5.57 Å². The molecule has 0 aliphatic heterocycles. The quantitative estimate of drug-likeness (QED) is 0.159. The van der Waals surface area contributed by atoms with Crippen LogP contribution in [0.4, 0.5) is 17.1 Å². The maximum Gasteiger partial charge on any atom is 4.00 e. The number of aryl methyl sites for hydroxylation is 6. The van der Waals surface area contributed by atoms with Gasteiger partial charge in [-0.15, -0.1) is 6.92 Å². The Labute approximate surface area is 321 Å². The smallest absolute Gasteiger partial charge is 1.00 e. The molecule has 0 heterocycles. The van der Waals surface area contributed by atoms with Gasteiger partial charge in [0, 0.05) is 59.3 Å². The van der Waals surface area contributed by atoms with Gasteiger partial charge in [0.25, 0.3) is 0 Å². The summed E-state index contributed by atoms with van der Waals surface area (Å²) in [5.41, 5.74) is 16.0. The molecular weight excluding hydrogens is 693 g/mol. The van der Waals surface area contributed by atoms with Crippen LogP contribution in [0.1, 0.15) is 61.1 Å². The van der Waals surface area contributed by atoms with E-state index in [4.69, 9.17) is 0 Å². The van der Waals surface area contributed by atoms with Crippen LogP contribution in [-0.2, 0) is 21.7 Å². The Morgan fingerprint density at radius 1 is 0.489 bits per heavy atom. The first-order valence-electron chi connectivity index (χ1n) is 15.6. The van der Waals surface area contributed by atoms with Crippen molar-refractivity contribution < 1.29 is 58.9 Å². The SMILES string of the molecule is CC1=[C-]C(C)([Si](c2cc(N(C)C)c(C)cc2C)(c2cc(N(C)C)c(C)cc2C)c2cc(N(C)C)c(C)cc2C)C(C)=C1C.[Cl-].[Cl-].[Cl-].[Ti+4]. The van der Waals surface area contributed by atoms with Gasteiger partial charge < -0.3 is 51.9 Å². The van der Waals surface area contributed by atoms with Crippen LogP contribution in [0.3, 0.4) is 0 Å². The van der Waals surface area contributed by atoms with Crippen LogP contribution < -0.4 is 67.5 Å². The number of nitrogens with zero attached hydrogens (tertiary/aromatic N) is 3. The second-order valence-electron chi connectivity index (χ2n) is 13.9. The number of allylic oxidation sites excluding steroid dienone is 4. The van der Waals surface area contributed by atoms with Crippen molar-refractivity contribution in [3.8, 4) is 0 Å². The normalized spacial score (nSPS) is 15.5. The third kappa shape index (κ3) is 7.30. The summed E-state index contributed by atoms with van der Waals surface area (Å²) in [7, 11) is 10.1. The van der Waals surface area contributed by atoms with Crippen LogP contribution in [0.15, 0.2) is 53.1 Å². The molecule has 1 unspecified atom stereocenters. The summed E-state index contributed by atoms with van der Waals surface area (Å²) in [5.74, 6) is 0. The summed E-state index contributed by atoms with van der Waals surface area (Å²) in [6.07, 6.45) is 4.20. The minimum atomic E-state index is -2.97. The molecule has 254 valence electrons. The molecule has 0 N–H and O–H groups in total. The Morgan fingerprint density at radius 2 is 0.766 bits per heavy atom. The van der Waals surface area contributed by atoms with Crippen molar-refractivity contribution >= 4 is 40.7 Å². The maximum atomic E-state index is 4.20. The molecule has 1 atom stereocenters. The van der Waals surface area contributed by atoms with Gasteiger partial charge in [-0.3, -0.25) is 6.08 Å². The van der Waals surface area contributed by atoms with Crippen LogP contribution in [0.25, 0.3) is 0 Å². The van der Waals surface area contributed by atoms with E-state index >= 15 is 0 Å². The van der Waals surface area contributed by atoms with Crippen LogP contribution in [-0.4, -0.2) is 50.4 Å². The maximum absolute atomic E-state index is 4.20. The molecule has 0 saturated carbocycles. The fourth-order valence-electron chi connectivity index (χ4n) is 8.02. The van der Waals surface area contributed by atoms with Crippen LogP contribution in [0.5, 0.6) is 0 Å². The van der Waals surface area contributed by atoms with Crippen LogP contribution in [0, 0.1) is 47.6 Å². The predicted octanol–water partition coefficient (Wildman–Crippen LogP) is -1.93. The minimum Gasteiger partial charge on any atom is -1.00 e. The number of halogens is 3. The minimum absolute atomic E-state index is 0. The molecule has 3 aromatic carbocycles. The van der Waals surface area contributed by atoms with Crippen molar-refractivity contribution in [1.29, 1.82) is 0 Å². The van der Waals surface area contributed by atoms with E-state index in [1.165, 1.54) is 82.7 Å². The summed E-state index contributed by atoms with van der Waals surface area (Å²) in [6, 6.07) is 14.9. The summed E-state index contributed by atoms with van der Waals surface area (Å²) >= 11 is 0. The van der Waals surface area contributed by atoms with Crippen molar-refractivity contribution in [3.05, 3.63) is 92.6 Å². The Bertz CT molecular complexity index is 1520. The van der Waals surface area contributed by atoms with E-state index in [-0.39, 0.29) is 64.0 Å². The van der Waals surface area contributed by atoms with E-state index in [2.05, 4.69) is 169 Å². The molecule has 1 aliphatic carbocycles. The average Bonchev–Trinajstić information content (AvgIpc) is 3.09. The molecule has 0 amide bonds. The van der Waals surface area contributed by atoms with Gasteiger partial charge in [0.15, 0.2) is 0 Å². The predicted molar refractivity (Wildman–Crippen MR) is 195 cm³/mol. The van der Waals surface area contributed by atoms with E-state index in [1.807, 2.05) is 0 Å². The van der Waals surface area contributed by atoms with Crippen molar-refractivity contribution in [3.63, 3.8) is 0 Å². The molecule has 0 aromatic heterocycles. The van der Waals surface area contributed by atoms with E-state index in [0.29, 0.717) is 0 Å². The van der Waals surface area contributed by atoms with Gasteiger partial charge in [0.1, 0.15) is 8.07 Å². The van der Waals surface area contributed by atoms with Crippen molar-refractivity contribution in [2.24, 2.45) is 0 Å². The molecule has 0 bridgehead atoms. The van der Waals surface area contributed by atoms with Crippen LogP contribution >= 0.6 is 0 Å². The molecule has 0 radical (unpaired) electrons. The summed E-state index contributed by atoms with van der Waals surface area (Å²) in [6.45, 7) is 23.2. The van der Waals surface area contributed by atoms with Gasteiger partial charge in [-0.05, 0) is 92.0 Å². The fourth-order valence-corrected chi connectivity index (χ4v) is 14.7. The molecule has 47 heavy (non-hydrogen) atoms. The standard InChI is InChI=1S/C39H54N3Si.3ClH.Ti/c1-24-17-27(4)36(20-33(24)40(11)12)43(39(10)23-30(7)31(8)32(39)9,37-21-34(41(13)14)25(2)18-28(37)5)38-22-35(42(15)16)26(3)19-29(38)6;;;;/h17-22H,1-16H3;3*1H;/q-1;;;;+4/p-3. The zero-order chi connectivity index (χ0) is 32.3. The van der Waals surface area contributed by atoms with Gasteiger partial charge in [0.2, 0.25) is 0 Å². The fraction of sp³-hybridized carbons (Fsp3) is 0.436. The van der Waals surface area contributed by atoms with Gasteiger partial charge in [0.05, 0.1) is 0 Å². The first kappa shape index (κ1) is 45.3. The molecule has 4 rings (SSSR count). The number of benzene rings is 3. The molecule has 8 heteroatoms. The van der Waals surface area contributed by atoms with Crippen molar-refractivity contribution in [2.45, 2.75) is 74.3 Å². The van der Waals surface area contributed by atoms with E-state index in [0.717, 1.165) is 0 Å². The zero-order valence-electron chi connectivity index (χ0n) is 31.4. The molecule has 3 aromatic rings. The van der Waals surface area contributed by atoms with E-state index < -0.39 is 8.07 Å². The van der Waals surface area contributed by atoms with Gasteiger partial charge in [-0.1, -0.05) is 60.7 Å². The first-order chi connectivity index (χ1) is 19.9. The molecular formula is C39H54Cl3N3SiTi. The van der Waals surface area contributed by atoms with Gasteiger partial charge >= 0.3 is 21.7 Å². The van der Waals surface area contributed by atoms with E-state index in [1.54, 1.807) is 0 Å². The zero-order valence-corrected chi connectivity index (χ0v) is 36.3. The Balaban J connectivity index is 0.00000529. The van der Waals surface area contributed by atoms with Crippen molar-refractivity contribution in [1.82, 2.24) is 0 Å². The van der Waals surface area contributed by atoms with Gasteiger partial charge in [-0.2, -0.15) is 11.1 Å². The molecule has 0 saturated heterocycles. The number of hydrogen-bond donors (Lipinski definition) is 0. The van der Waals surface area contributed by atoms with Crippen LogP contribution in [0.2, 0.25) is 5.04 Å². The summed E-state index contributed by atoms with van der Waals surface area (Å²) < 4.78 is 0. The number of hydrogen-bond acceptors (Lipinski definition) is 3. The third-order valence-electron chi connectivity index (χ3n) is 10.3. The number of anilines is 3. The second kappa shape index (κ2) is 16.4. The summed E-state index contributed by atoms with van der Waals surface area (Å²) in [4.78, 5) is 6.86.